The maximum absolute atomic E-state index is 13.8. The molecule has 0 aliphatic carbocycles. The van der Waals surface area contributed by atoms with E-state index >= 15 is 0 Å². The summed E-state index contributed by atoms with van der Waals surface area (Å²) >= 11 is 0. The molecule has 0 saturated carbocycles. The Hall–Kier alpha value is -3.55. The Morgan fingerprint density at radius 2 is 1.88 bits per heavy atom. The highest BCUT2D eigenvalue weighted by molar-refractivity contribution is 6.00. The van der Waals surface area contributed by atoms with Gasteiger partial charge in [0.1, 0.15) is 11.9 Å². The second-order valence-electron chi connectivity index (χ2n) is 8.02. The average molecular weight is 455 g/mol. The van der Waals surface area contributed by atoms with E-state index in [-0.39, 0.29) is 29.8 Å². The highest BCUT2D eigenvalue weighted by Crippen LogP contribution is 2.33. The number of nitrogens with two attached hydrogens (primary N) is 1. The van der Waals surface area contributed by atoms with Crippen LogP contribution in [0.25, 0.3) is 11.1 Å². The number of halogens is 3. The minimum absolute atomic E-state index is 0.141. The molecule has 1 aliphatic rings. The molecule has 2 N–H and O–H groups in total. The molecule has 1 amide bonds. The molecule has 2 heterocycles. The summed E-state index contributed by atoms with van der Waals surface area (Å²) in [5.41, 5.74) is 8.08. The van der Waals surface area contributed by atoms with Crippen molar-refractivity contribution in [1.29, 1.82) is 0 Å². The van der Waals surface area contributed by atoms with E-state index in [4.69, 9.17) is 10.5 Å². The summed E-state index contributed by atoms with van der Waals surface area (Å²) in [5, 5.41) is 0. The lowest BCUT2D eigenvalue weighted by atomic mass is 10.0. The van der Waals surface area contributed by atoms with Crippen LogP contribution in [0.4, 0.5) is 18.9 Å². The summed E-state index contributed by atoms with van der Waals surface area (Å²) in [6.45, 7) is 2.54. The zero-order valence-electron chi connectivity index (χ0n) is 18.1. The first-order valence-corrected chi connectivity index (χ1v) is 10.7. The van der Waals surface area contributed by atoms with E-state index in [0.29, 0.717) is 30.8 Å². The Labute approximate surface area is 190 Å². The number of benzene rings is 2. The van der Waals surface area contributed by atoms with Crippen LogP contribution < -0.4 is 15.4 Å². The number of nitrogens with zero attached hydrogens (tertiary/aromatic N) is 2. The van der Waals surface area contributed by atoms with E-state index in [2.05, 4.69) is 4.98 Å². The minimum Gasteiger partial charge on any atom is -0.472 e. The quantitative estimate of drug-likeness (QED) is 0.535. The summed E-state index contributed by atoms with van der Waals surface area (Å²) in [6.07, 6.45) is 1.30. The molecule has 33 heavy (non-hydrogen) atoms. The Balaban J connectivity index is 1.48. The van der Waals surface area contributed by atoms with Crippen molar-refractivity contribution < 1.29 is 22.7 Å². The van der Waals surface area contributed by atoms with Crippen molar-refractivity contribution in [2.24, 2.45) is 5.73 Å². The molecule has 3 aromatic rings. The Morgan fingerprint density at radius 3 is 2.52 bits per heavy atom. The van der Waals surface area contributed by atoms with Crippen LogP contribution in [0.1, 0.15) is 35.7 Å². The number of ether oxygens (including phenoxy) is 1. The van der Waals surface area contributed by atoms with Crippen LogP contribution in [0.15, 0.2) is 60.8 Å². The first-order valence-electron chi connectivity index (χ1n) is 10.7. The zero-order chi connectivity index (χ0) is 23.6. The van der Waals surface area contributed by atoms with E-state index in [1.54, 1.807) is 18.2 Å². The van der Waals surface area contributed by atoms with Crippen LogP contribution in [-0.4, -0.2) is 30.1 Å². The molecule has 1 fully saturated rings. The number of primary amides is 1. The number of alkyl halides is 2. The van der Waals surface area contributed by atoms with Crippen molar-refractivity contribution in [2.75, 3.05) is 18.0 Å². The Kier molecular flexibility index (Phi) is 6.26. The number of rotatable bonds is 7. The molecule has 5 nitrogen and oxygen atoms in total. The van der Waals surface area contributed by atoms with Gasteiger partial charge in [-0.05, 0) is 41.5 Å². The molecule has 4 rings (SSSR count). The van der Waals surface area contributed by atoms with Gasteiger partial charge in [-0.25, -0.2) is 18.2 Å². The fourth-order valence-electron chi connectivity index (χ4n) is 3.92. The van der Waals surface area contributed by atoms with Crippen LogP contribution in [-0.2, 0) is 5.92 Å². The number of pyridine rings is 1. The molecule has 1 unspecified atom stereocenters. The first-order chi connectivity index (χ1) is 15.8. The molecule has 1 aromatic heterocycles. The third-order valence-corrected chi connectivity index (χ3v) is 5.82. The molecule has 8 heteroatoms. The predicted molar refractivity (Wildman–Crippen MR) is 120 cm³/mol. The van der Waals surface area contributed by atoms with Crippen LogP contribution >= 0.6 is 0 Å². The van der Waals surface area contributed by atoms with Crippen molar-refractivity contribution in [3.05, 3.63) is 77.7 Å². The molecular weight excluding hydrogens is 431 g/mol. The highest BCUT2D eigenvalue weighted by Gasteiger charge is 2.30. The minimum atomic E-state index is -2.92. The van der Waals surface area contributed by atoms with Crippen molar-refractivity contribution in [3.63, 3.8) is 0 Å². The van der Waals surface area contributed by atoms with Crippen LogP contribution in [0, 0.1) is 5.82 Å². The van der Waals surface area contributed by atoms with E-state index in [1.165, 1.54) is 31.2 Å². The topological polar surface area (TPSA) is 68.5 Å². The van der Waals surface area contributed by atoms with Gasteiger partial charge in [0.2, 0.25) is 5.88 Å². The van der Waals surface area contributed by atoms with Gasteiger partial charge in [-0.2, -0.15) is 0 Å². The number of anilines is 1. The monoisotopic (exact) mass is 455 g/mol. The van der Waals surface area contributed by atoms with Crippen LogP contribution in [0.5, 0.6) is 5.88 Å². The van der Waals surface area contributed by atoms with E-state index in [1.807, 2.05) is 17.0 Å². The number of carbonyl (C=O) groups excluding carboxylic acids is 1. The molecule has 2 aromatic carbocycles. The SMILES string of the molecule is CCC(F)(F)c1ccc(OC2CCN(c3ccc(-c4ccc(F)cc4)cc3C(N)=O)C2)nc1. The van der Waals surface area contributed by atoms with Crippen molar-refractivity contribution >= 4 is 11.6 Å². The number of amides is 1. The van der Waals surface area contributed by atoms with Gasteiger partial charge < -0.3 is 15.4 Å². The van der Waals surface area contributed by atoms with Gasteiger partial charge in [-0.3, -0.25) is 4.79 Å². The highest BCUT2D eigenvalue weighted by atomic mass is 19.3. The third kappa shape index (κ3) is 4.94. The van der Waals surface area contributed by atoms with Gasteiger partial charge in [0.05, 0.1) is 12.1 Å². The lowest BCUT2D eigenvalue weighted by Gasteiger charge is -2.22. The summed E-state index contributed by atoms with van der Waals surface area (Å²) in [5.74, 6) is -3.54. The maximum atomic E-state index is 13.8. The fourth-order valence-corrected chi connectivity index (χ4v) is 3.92. The molecule has 0 bridgehead atoms. The van der Waals surface area contributed by atoms with Crippen molar-refractivity contribution in [1.82, 2.24) is 4.98 Å². The summed E-state index contributed by atoms with van der Waals surface area (Å²) in [6, 6.07) is 14.2. The van der Waals surface area contributed by atoms with Gasteiger partial charge in [-0.15, -0.1) is 0 Å². The van der Waals surface area contributed by atoms with Crippen molar-refractivity contribution in [2.45, 2.75) is 31.8 Å². The van der Waals surface area contributed by atoms with Gasteiger partial charge in [-0.1, -0.05) is 25.1 Å². The molecule has 0 radical (unpaired) electrons. The summed E-state index contributed by atoms with van der Waals surface area (Å²) in [7, 11) is 0. The second-order valence-corrected chi connectivity index (χ2v) is 8.02. The van der Waals surface area contributed by atoms with Crippen molar-refractivity contribution in [3.8, 4) is 17.0 Å². The van der Waals surface area contributed by atoms with Gasteiger partial charge in [0.25, 0.3) is 11.8 Å². The number of hydrogen-bond acceptors (Lipinski definition) is 4. The molecule has 1 aliphatic heterocycles. The Bertz CT molecular complexity index is 1130. The Morgan fingerprint density at radius 1 is 1.15 bits per heavy atom. The normalized spacial score (nSPS) is 16.1. The average Bonchev–Trinajstić information content (AvgIpc) is 3.28. The van der Waals surface area contributed by atoms with Gasteiger partial charge in [0.15, 0.2) is 0 Å². The maximum Gasteiger partial charge on any atom is 0.274 e. The molecule has 0 spiro atoms. The predicted octanol–water partition coefficient (Wildman–Crippen LogP) is 5.15. The lowest BCUT2D eigenvalue weighted by Crippen LogP contribution is -2.27. The van der Waals surface area contributed by atoms with Crippen LogP contribution in [0.3, 0.4) is 0 Å². The van der Waals surface area contributed by atoms with E-state index in [0.717, 1.165) is 17.3 Å². The van der Waals surface area contributed by atoms with Gasteiger partial charge in [0, 0.05) is 42.9 Å². The summed E-state index contributed by atoms with van der Waals surface area (Å²) in [4.78, 5) is 18.2. The fraction of sp³-hybridized carbons (Fsp3) is 0.280. The third-order valence-electron chi connectivity index (χ3n) is 5.82. The number of carbonyl (C=O) groups is 1. The van der Waals surface area contributed by atoms with Crippen LogP contribution in [0.2, 0.25) is 0 Å². The number of hydrogen-bond donors (Lipinski definition) is 1. The molecule has 1 saturated heterocycles. The smallest absolute Gasteiger partial charge is 0.274 e. The summed E-state index contributed by atoms with van der Waals surface area (Å²) < 4.78 is 46.7. The van der Waals surface area contributed by atoms with E-state index in [9.17, 15) is 18.0 Å². The lowest BCUT2D eigenvalue weighted by molar-refractivity contribution is -0.00871. The largest absolute Gasteiger partial charge is 0.472 e. The standard InChI is InChI=1S/C25H24F3N3O2/c1-2-25(27,28)18-6-10-23(30-14-18)33-20-11-12-31(15-20)22-9-5-17(13-21(22)24(29)32)16-3-7-19(26)8-4-16/h3-10,13-14,20H,2,11-12,15H2,1H3,(H2,29,32). The first kappa shape index (κ1) is 22.6. The zero-order valence-corrected chi connectivity index (χ0v) is 18.1. The molecule has 1 atom stereocenters. The molecule has 172 valence electrons. The number of aromatic nitrogens is 1. The molecular formula is C25H24F3N3O2. The van der Waals surface area contributed by atoms with E-state index < -0.39 is 11.8 Å². The van der Waals surface area contributed by atoms with Gasteiger partial charge >= 0.3 is 0 Å². The second kappa shape index (κ2) is 9.13.